The molecule has 3 nitrogen and oxygen atoms in total. The predicted octanol–water partition coefficient (Wildman–Crippen LogP) is 2.16. The SMILES string of the molecule is COC(=O)[C@@H]1CSSCC(C)(C)C(=O)C1. The Morgan fingerprint density at radius 2 is 2.13 bits per heavy atom. The average Bonchev–Trinajstić information content (AvgIpc) is 2.19. The normalized spacial score (nSPS) is 26.6. The number of hydrogen-bond acceptors (Lipinski definition) is 5. The molecule has 1 aliphatic heterocycles. The summed E-state index contributed by atoms with van der Waals surface area (Å²) in [5, 5.41) is 0. The summed E-state index contributed by atoms with van der Waals surface area (Å²) in [6.45, 7) is 3.87. The van der Waals surface area contributed by atoms with Crippen LogP contribution in [0.5, 0.6) is 0 Å². The molecule has 0 bridgehead atoms. The number of rotatable bonds is 1. The molecule has 0 unspecified atom stereocenters. The maximum absolute atomic E-state index is 11.9. The number of hydrogen-bond donors (Lipinski definition) is 0. The molecule has 0 aromatic rings. The van der Waals surface area contributed by atoms with Crippen molar-refractivity contribution in [3.8, 4) is 0 Å². The molecule has 0 aromatic carbocycles. The number of Topliss-reactive ketones (excluding diaryl/α,β-unsaturated/α-hetero) is 1. The minimum Gasteiger partial charge on any atom is -0.469 e. The summed E-state index contributed by atoms with van der Waals surface area (Å²) in [5.74, 6) is 1.09. The van der Waals surface area contributed by atoms with E-state index in [1.807, 2.05) is 13.8 Å². The number of carbonyl (C=O) groups is 2. The van der Waals surface area contributed by atoms with E-state index >= 15 is 0 Å². The highest BCUT2D eigenvalue weighted by Gasteiger charge is 2.34. The van der Waals surface area contributed by atoms with Gasteiger partial charge >= 0.3 is 5.97 Å². The number of esters is 1. The Morgan fingerprint density at radius 3 is 2.73 bits per heavy atom. The molecule has 0 aliphatic carbocycles. The van der Waals surface area contributed by atoms with Gasteiger partial charge in [-0.25, -0.2) is 0 Å². The van der Waals surface area contributed by atoms with E-state index in [1.54, 1.807) is 21.6 Å². The summed E-state index contributed by atoms with van der Waals surface area (Å²) in [7, 11) is 4.68. The molecule has 1 atom stereocenters. The van der Waals surface area contributed by atoms with Gasteiger partial charge in [-0.15, -0.1) is 0 Å². The zero-order chi connectivity index (χ0) is 11.5. The van der Waals surface area contributed by atoms with Gasteiger partial charge in [-0.1, -0.05) is 35.4 Å². The van der Waals surface area contributed by atoms with Crippen molar-refractivity contribution in [2.24, 2.45) is 11.3 Å². The van der Waals surface area contributed by atoms with Crippen LogP contribution in [-0.2, 0) is 14.3 Å². The summed E-state index contributed by atoms with van der Waals surface area (Å²) in [5.41, 5.74) is -0.329. The molecule has 86 valence electrons. The summed E-state index contributed by atoms with van der Waals surface area (Å²) in [4.78, 5) is 23.3. The van der Waals surface area contributed by atoms with Crippen molar-refractivity contribution in [2.45, 2.75) is 20.3 Å². The minimum atomic E-state index is -0.329. The van der Waals surface area contributed by atoms with Crippen molar-refractivity contribution in [1.29, 1.82) is 0 Å². The lowest BCUT2D eigenvalue weighted by atomic mass is 9.85. The molecular formula is C10H16O3S2. The Hall–Kier alpha value is -0.160. The summed E-state index contributed by atoms with van der Waals surface area (Å²) in [6, 6.07) is 0. The second kappa shape index (κ2) is 5.25. The number of methoxy groups -OCH3 is 1. The van der Waals surface area contributed by atoms with Crippen LogP contribution in [0.3, 0.4) is 0 Å². The van der Waals surface area contributed by atoms with Gasteiger partial charge in [-0.05, 0) is 0 Å². The van der Waals surface area contributed by atoms with Gasteiger partial charge in [-0.2, -0.15) is 0 Å². The fourth-order valence-corrected chi connectivity index (χ4v) is 4.25. The molecule has 0 spiro atoms. The maximum Gasteiger partial charge on any atom is 0.309 e. The van der Waals surface area contributed by atoms with Crippen LogP contribution in [0.1, 0.15) is 20.3 Å². The monoisotopic (exact) mass is 248 g/mol. The van der Waals surface area contributed by atoms with Gasteiger partial charge in [0.15, 0.2) is 0 Å². The predicted molar refractivity (Wildman–Crippen MR) is 63.8 cm³/mol. The highest BCUT2D eigenvalue weighted by molar-refractivity contribution is 8.76. The summed E-state index contributed by atoms with van der Waals surface area (Å²) < 4.78 is 4.69. The van der Waals surface area contributed by atoms with Gasteiger partial charge in [0.25, 0.3) is 0 Å². The van der Waals surface area contributed by atoms with E-state index in [0.717, 1.165) is 5.75 Å². The molecule has 1 heterocycles. The molecule has 1 aliphatic rings. The standard InChI is InChI=1S/C10H16O3S2/c1-10(2)6-15-14-5-7(4-8(10)11)9(12)13-3/h7H,4-6H2,1-3H3/t7-/m0/s1. The third-order valence-electron chi connectivity index (χ3n) is 2.49. The number of ketones is 1. The van der Waals surface area contributed by atoms with Crippen LogP contribution in [-0.4, -0.2) is 30.4 Å². The first kappa shape index (κ1) is 12.9. The van der Waals surface area contributed by atoms with Crippen molar-refractivity contribution >= 4 is 33.3 Å². The van der Waals surface area contributed by atoms with Gasteiger partial charge in [0.2, 0.25) is 0 Å². The number of ether oxygens (including phenoxy) is 1. The second-order valence-corrected chi connectivity index (χ2v) is 6.79. The average molecular weight is 248 g/mol. The van der Waals surface area contributed by atoms with Crippen LogP contribution >= 0.6 is 21.6 Å². The first-order chi connectivity index (χ1) is 6.97. The minimum absolute atomic E-state index is 0.158. The van der Waals surface area contributed by atoms with Crippen molar-refractivity contribution in [1.82, 2.24) is 0 Å². The molecule has 0 N–H and O–H groups in total. The molecule has 0 aromatic heterocycles. The van der Waals surface area contributed by atoms with E-state index in [-0.39, 0.29) is 23.1 Å². The lowest BCUT2D eigenvalue weighted by Crippen LogP contribution is -2.33. The van der Waals surface area contributed by atoms with Crippen LogP contribution in [0.25, 0.3) is 0 Å². The highest BCUT2D eigenvalue weighted by Crippen LogP contribution is 2.37. The molecule has 1 saturated heterocycles. The van der Waals surface area contributed by atoms with Crippen LogP contribution < -0.4 is 0 Å². The first-order valence-corrected chi connectivity index (χ1v) is 7.31. The highest BCUT2D eigenvalue weighted by atomic mass is 33.1. The van der Waals surface area contributed by atoms with Crippen molar-refractivity contribution in [3.63, 3.8) is 0 Å². The van der Waals surface area contributed by atoms with Gasteiger partial charge < -0.3 is 4.74 Å². The largest absolute Gasteiger partial charge is 0.469 e. The third-order valence-corrected chi connectivity index (χ3v) is 5.30. The fourth-order valence-electron chi connectivity index (χ4n) is 1.28. The molecule has 0 saturated carbocycles. The Balaban J connectivity index is 2.70. The van der Waals surface area contributed by atoms with E-state index < -0.39 is 0 Å². The lowest BCUT2D eigenvalue weighted by molar-refractivity contribution is -0.147. The Morgan fingerprint density at radius 1 is 1.47 bits per heavy atom. The van der Waals surface area contributed by atoms with Crippen LogP contribution in [0.4, 0.5) is 0 Å². The van der Waals surface area contributed by atoms with E-state index in [1.165, 1.54) is 7.11 Å². The van der Waals surface area contributed by atoms with Crippen LogP contribution in [0.15, 0.2) is 0 Å². The Kier molecular flexibility index (Phi) is 4.52. The summed E-state index contributed by atoms with van der Waals surface area (Å²) >= 11 is 0. The smallest absolute Gasteiger partial charge is 0.309 e. The van der Waals surface area contributed by atoms with E-state index in [2.05, 4.69) is 4.74 Å². The van der Waals surface area contributed by atoms with Gasteiger partial charge in [0.05, 0.1) is 13.0 Å². The van der Waals surface area contributed by atoms with Gasteiger partial charge in [0.1, 0.15) is 5.78 Å². The van der Waals surface area contributed by atoms with E-state index in [0.29, 0.717) is 12.2 Å². The number of carbonyl (C=O) groups excluding carboxylic acids is 2. The van der Waals surface area contributed by atoms with E-state index in [9.17, 15) is 9.59 Å². The maximum atomic E-state index is 11.9. The Bertz CT molecular complexity index is 263. The molecule has 5 heteroatoms. The van der Waals surface area contributed by atoms with Crippen molar-refractivity contribution in [2.75, 3.05) is 18.6 Å². The quantitative estimate of drug-likeness (QED) is 0.525. The molecule has 15 heavy (non-hydrogen) atoms. The van der Waals surface area contributed by atoms with Gasteiger partial charge in [-0.3, -0.25) is 9.59 Å². The fraction of sp³-hybridized carbons (Fsp3) is 0.800. The Labute approximate surface area is 98.1 Å². The van der Waals surface area contributed by atoms with Crippen LogP contribution in [0, 0.1) is 11.3 Å². The zero-order valence-electron chi connectivity index (χ0n) is 9.24. The molecule has 1 rings (SSSR count). The zero-order valence-corrected chi connectivity index (χ0v) is 10.9. The van der Waals surface area contributed by atoms with E-state index in [4.69, 9.17) is 0 Å². The van der Waals surface area contributed by atoms with Crippen molar-refractivity contribution in [3.05, 3.63) is 0 Å². The third kappa shape index (κ3) is 3.41. The lowest BCUT2D eigenvalue weighted by Gasteiger charge is -2.27. The van der Waals surface area contributed by atoms with Crippen LogP contribution in [0.2, 0.25) is 0 Å². The molecular weight excluding hydrogens is 232 g/mol. The topological polar surface area (TPSA) is 43.4 Å². The second-order valence-electron chi connectivity index (χ2n) is 4.28. The molecule has 0 radical (unpaired) electrons. The van der Waals surface area contributed by atoms with Gasteiger partial charge in [0, 0.05) is 23.3 Å². The summed E-state index contributed by atoms with van der Waals surface area (Å²) in [6.07, 6.45) is 0.313. The first-order valence-electron chi connectivity index (χ1n) is 4.83. The van der Waals surface area contributed by atoms with Crippen molar-refractivity contribution < 1.29 is 14.3 Å². The molecule has 1 fully saturated rings. The molecule has 0 amide bonds.